The minimum absolute atomic E-state index is 0.00549. The molecule has 0 radical (unpaired) electrons. The Morgan fingerprint density at radius 1 is 1.40 bits per heavy atom. The number of alkyl halides is 1. The molecule has 0 bridgehead atoms. The number of aliphatic hydroxyl groups excluding tert-OH is 2. The second kappa shape index (κ2) is 5.96. The first kappa shape index (κ1) is 13.1. The molecule has 0 spiro atoms. The van der Waals surface area contributed by atoms with E-state index in [4.69, 9.17) is 23.2 Å². The molecular weight excluding hydrogens is 307 g/mol. The molecule has 1 aromatic heterocycles. The molecule has 1 aromatic rings. The third-order valence-corrected chi connectivity index (χ3v) is 2.77. The molecule has 1 heterocycles. The number of hydrogen-bond acceptors (Lipinski definition) is 4. The molecule has 84 valence electrons. The summed E-state index contributed by atoms with van der Waals surface area (Å²) in [7, 11) is 0. The number of nitrogens with zero attached hydrogens (tertiary/aromatic N) is 2. The van der Waals surface area contributed by atoms with Crippen molar-refractivity contribution in [2.24, 2.45) is 0 Å². The third-order valence-electron chi connectivity index (χ3n) is 1.83. The van der Waals surface area contributed by atoms with Crippen molar-refractivity contribution in [3.8, 4) is 0 Å². The Morgan fingerprint density at radius 2 is 2.07 bits per heavy atom. The number of rotatable bonds is 4. The zero-order valence-electron chi connectivity index (χ0n) is 7.57. The predicted octanol–water partition coefficient (Wildman–Crippen LogP) is 1.96. The van der Waals surface area contributed by atoms with Crippen LogP contribution in [0, 0.1) is 0 Å². The molecule has 0 saturated carbocycles. The Hall–Kier alpha value is 0.0600. The monoisotopic (exact) mass is 314 g/mol. The van der Waals surface area contributed by atoms with Crippen molar-refractivity contribution in [2.45, 2.75) is 18.6 Å². The molecule has 7 heteroatoms. The maximum atomic E-state index is 9.71. The first-order chi connectivity index (χ1) is 7.06. The van der Waals surface area contributed by atoms with Gasteiger partial charge in [0.15, 0.2) is 0 Å². The third kappa shape index (κ3) is 3.53. The van der Waals surface area contributed by atoms with Crippen LogP contribution in [-0.4, -0.2) is 31.6 Å². The fraction of sp³-hybridized carbons (Fsp3) is 0.500. The molecule has 2 N–H and O–H groups in total. The van der Waals surface area contributed by atoms with Gasteiger partial charge < -0.3 is 10.2 Å². The van der Waals surface area contributed by atoms with Crippen LogP contribution >= 0.6 is 39.1 Å². The van der Waals surface area contributed by atoms with E-state index in [2.05, 4.69) is 25.9 Å². The molecule has 0 aliphatic heterocycles. The SMILES string of the molecule is OC(CCBr)C(O)c1cnc(Cl)nc1Cl. The van der Waals surface area contributed by atoms with E-state index in [1.807, 2.05) is 0 Å². The molecule has 1 rings (SSSR count). The van der Waals surface area contributed by atoms with Crippen LogP contribution < -0.4 is 0 Å². The van der Waals surface area contributed by atoms with E-state index >= 15 is 0 Å². The highest BCUT2D eigenvalue weighted by Crippen LogP contribution is 2.25. The minimum atomic E-state index is -1.10. The lowest BCUT2D eigenvalue weighted by molar-refractivity contribution is 0.0170. The topological polar surface area (TPSA) is 66.2 Å². The van der Waals surface area contributed by atoms with E-state index < -0.39 is 12.2 Å². The molecule has 0 aliphatic rings. The van der Waals surface area contributed by atoms with Crippen LogP contribution in [0.5, 0.6) is 0 Å². The average Bonchev–Trinajstić information content (AvgIpc) is 2.17. The summed E-state index contributed by atoms with van der Waals surface area (Å²) in [5.41, 5.74) is 0.273. The molecule has 4 nitrogen and oxygen atoms in total. The lowest BCUT2D eigenvalue weighted by atomic mass is 10.1. The summed E-state index contributed by atoms with van der Waals surface area (Å²) in [5, 5.41) is 19.9. The van der Waals surface area contributed by atoms with Crippen LogP contribution in [-0.2, 0) is 0 Å². The summed E-state index contributed by atoms with van der Waals surface area (Å²) >= 11 is 14.4. The molecule has 0 aliphatic carbocycles. The van der Waals surface area contributed by atoms with Crippen LogP contribution in [0.1, 0.15) is 18.1 Å². The summed E-state index contributed by atoms with van der Waals surface area (Å²) in [5.74, 6) is 0. The smallest absolute Gasteiger partial charge is 0.223 e. The molecule has 2 unspecified atom stereocenters. The van der Waals surface area contributed by atoms with E-state index in [-0.39, 0.29) is 16.0 Å². The van der Waals surface area contributed by atoms with Crippen molar-refractivity contribution in [1.29, 1.82) is 0 Å². The largest absolute Gasteiger partial charge is 0.390 e. The van der Waals surface area contributed by atoms with E-state index in [0.717, 1.165) is 0 Å². The molecule has 0 fully saturated rings. The molecule has 0 saturated heterocycles. The Balaban J connectivity index is 2.86. The standard InChI is InChI=1S/C8H9BrCl2N2O2/c9-2-1-5(14)6(15)4-3-12-8(11)13-7(4)10/h3,5-6,14-15H,1-2H2. The van der Waals surface area contributed by atoms with Gasteiger partial charge in [0.25, 0.3) is 0 Å². The van der Waals surface area contributed by atoms with E-state index in [1.165, 1.54) is 6.20 Å². The predicted molar refractivity (Wildman–Crippen MR) is 61.4 cm³/mol. The summed E-state index contributed by atoms with van der Waals surface area (Å²) < 4.78 is 0. The minimum Gasteiger partial charge on any atom is -0.390 e. The van der Waals surface area contributed by atoms with Gasteiger partial charge in [-0.15, -0.1) is 0 Å². The lowest BCUT2D eigenvalue weighted by Crippen LogP contribution is -2.19. The van der Waals surface area contributed by atoms with Gasteiger partial charge in [-0.3, -0.25) is 0 Å². The normalized spacial score (nSPS) is 15.0. The Morgan fingerprint density at radius 3 is 2.60 bits per heavy atom. The van der Waals surface area contributed by atoms with Gasteiger partial charge in [0, 0.05) is 17.1 Å². The summed E-state index contributed by atoms with van der Waals surface area (Å²) in [6.07, 6.45) is -0.307. The van der Waals surface area contributed by atoms with E-state index in [1.54, 1.807) is 0 Å². The highest BCUT2D eigenvalue weighted by Gasteiger charge is 2.21. The van der Waals surface area contributed by atoms with Crippen molar-refractivity contribution < 1.29 is 10.2 Å². The van der Waals surface area contributed by atoms with Gasteiger partial charge in [0.2, 0.25) is 5.28 Å². The lowest BCUT2D eigenvalue weighted by Gasteiger charge is -2.17. The number of hydrogen-bond donors (Lipinski definition) is 2. The van der Waals surface area contributed by atoms with Crippen LogP contribution in [0.4, 0.5) is 0 Å². The van der Waals surface area contributed by atoms with Crippen molar-refractivity contribution in [3.63, 3.8) is 0 Å². The number of halogens is 3. The van der Waals surface area contributed by atoms with Crippen molar-refractivity contribution in [1.82, 2.24) is 9.97 Å². The summed E-state index contributed by atoms with van der Waals surface area (Å²) in [6, 6.07) is 0. The second-order valence-electron chi connectivity index (χ2n) is 2.88. The molecule has 0 aromatic carbocycles. The van der Waals surface area contributed by atoms with Crippen LogP contribution in [0.25, 0.3) is 0 Å². The van der Waals surface area contributed by atoms with Gasteiger partial charge >= 0.3 is 0 Å². The maximum absolute atomic E-state index is 9.71. The van der Waals surface area contributed by atoms with Gasteiger partial charge in [-0.05, 0) is 18.0 Å². The van der Waals surface area contributed by atoms with Crippen molar-refractivity contribution in [2.75, 3.05) is 5.33 Å². The maximum Gasteiger partial charge on any atom is 0.223 e. The quantitative estimate of drug-likeness (QED) is 0.506. The number of aromatic nitrogens is 2. The van der Waals surface area contributed by atoms with Gasteiger partial charge in [-0.25, -0.2) is 9.97 Å². The highest BCUT2D eigenvalue weighted by molar-refractivity contribution is 9.09. The Kier molecular flexibility index (Phi) is 5.22. The summed E-state index contributed by atoms with van der Waals surface area (Å²) in [6.45, 7) is 0. The molecule has 15 heavy (non-hydrogen) atoms. The van der Waals surface area contributed by atoms with Crippen molar-refractivity contribution in [3.05, 3.63) is 22.2 Å². The summed E-state index contributed by atoms with van der Waals surface area (Å²) in [4.78, 5) is 7.36. The van der Waals surface area contributed by atoms with E-state index in [0.29, 0.717) is 11.8 Å². The fourth-order valence-corrected chi connectivity index (χ4v) is 1.91. The van der Waals surface area contributed by atoms with Gasteiger partial charge in [-0.2, -0.15) is 0 Å². The Labute approximate surface area is 105 Å². The number of aliphatic hydroxyl groups is 2. The molecule has 2 atom stereocenters. The molecule has 0 amide bonds. The molecular formula is C8H9BrCl2N2O2. The van der Waals surface area contributed by atoms with Gasteiger partial charge in [-0.1, -0.05) is 27.5 Å². The second-order valence-corrected chi connectivity index (χ2v) is 4.36. The zero-order valence-corrected chi connectivity index (χ0v) is 10.7. The van der Waals surface area contributed by atoms with Crippen LogP contribution in [0.15, 0.2) is 6.20 Å². The van der Waals surface area contributed by atoms with Crippen LogP contribution in [0.3, 0.4) is 0 Å². The van der Waals surface area contributed by atoms with E-state index in [9.17, 15) is 10.2 Å². The first-order valence-electron chi connectivity index (χ1n) is 4.16. The zero-order chi connectivity index (χ0) is 11.4. The highest BCUT2D eigenvalue weighted by atomic mass is 79.9. The van der Waals surface area contributed by atoms with Crippen molar-refractivity contribution >= 4 is 39.1 Å². The average molecular weight is 316 g/mol. The first-order valence-corrected chi connectivity index (χ1v) is 6.04. The Bertz CT molecular complexity index is 340. The van der Waals surface area contributed by atoms with Crippen LogP contribution in [0.2, 0.25) is 10.4 Å². The van der Waals surface area contributed by atoms with Gasteiger partial charge in [0.1, 0.15) is 11.3 Å². The van der Waals surface area contributed by atoms with Gasteiger partial charge in [0.05, 0.1) is 6.10 Å². The fourth-order valence-electron chi connectivity index (χ4n) is 1.03.